The van der Waals surface area contributed by atoms with E-state index < -0.39 is 0 Å². The van der Waals surface area contributed by atoms with Crippen LogP contribution < -0.4 is 5.56 Å². The van der Waals surface area contributed by atoms with Crippen LogP contribution in [0.1, 0.15) is 0 Å². The van der Waals surface area contributed by atoms with Crippen LogP contribution in [0, 0.1) is 0 Å². The van der Waals surface area contributed by atoms with Crippen molar-refractivity contribution in [1.82, 2.24) is 15.0 Å². The van der Waals surface area contributed by atoms with Gasteiger partial charge in [0.25, 0.3) is 5.56 Å². The van der Waals surface area contributed by atoms with E-state index in [0.29, 0.717) is 16.6 Å². The Kier molecular flexibility index (Phi) is 3.20. The molecule has 0 saturated heterocycles. The normalized spacial score (nSPS) is 10.8. The van der Waals surface area contributed by atoms with Crippen molar-refractivity contribution in [3.8, 4) is 5.69 Å². The molecule has 0 unspecified atom stereocenters. The average Bonchev–Trinajstić information content (AvgIpc) is 2.41. The van der Waals surface area contributed by atoms with Crippen LogP contribution in [0.25, 0.3) is 16.6 Å². The molecule has 6 heteroatoms. The lowest BCUT2D eigenvalue weighted by Gasteiger charge is -2.07. The molecule has 4 nitrogen and oxygen atoms in total. The number of hydrogen-bond donors (Lipinski definition) is 0. The molecule has 0 aliphatic carbocycles. The Labute approximate surface area is 125 Å². The van der Waals surface area contributed by atoms with Crippen LogP contribution in [0.3, 0.4) is 0 Å². The topological polar surface area (TPSA) is 47.8 Å². The van der Waals surface area contributed by atoms with Crippen LogP contribution in [0.5, 0.6) is 0 Å². The van der Waals surface area contributed by atoms with Gasteiger partial charge in [0.05, 0.1) is 11.1 Å². The smallest absolute Gasteiger partial charge is 0.267 e. The van der Waals surface area contributed by atoms with Crippen molar-refractivity contribution in [2.24, 2.45) is 0 Å². The lowest BCUT2D eigenvalue weighted by molar-refractivity contribution is 0.735. The standard InChI is InChI=1S/C13H7Br2N3O/c14-8-5-6-12(10(15)7-8)18-13(19)9-3-1-2-4-11(9)16-17-18/h1-7H. The molecule has 0 saturated carbocycles. The van der Waals surface area contributed by atoms with Crippen molar-refractivity contribution in [2.45, 2.75) is 0 Å². The fraction of sp³-hybridized carbons (Fsp3) is 0. The number of nitrogens with zero attached hydrogens (tertiary/aromatic N) is 3. The van der Waals surface area contributed by atoms with E-state index in [1.54, 1.807) is 18.2 Å². The summed E-state index contributed by atoms with van der Waals surface area (Å²) >= 11 is 6.80. The number of fused-ring (bicyclic) bond motifs is 1. The first-order valence-corrected chi connectivity index (χ1v) is 7.05. The minimum absolute atomic E-state index is 0.186. The maximum Gasteiger partial charge on any atom is 0.282 e. The molecule has 94 valence electrons. The van der Waals surface area contributed by atoms with E-state index in [1.807, 2.05) is 24.3 Å². The molecule has 0 aliphatic rings. The van der Waals surface area contributed by atoms with Crippen molar-refractivity contribution in [3.05, 3.63) is 61.8 Å². The highest BCUT2D eigenvalue weighted by Gasteiger charge is 2.09. The molecule has 2 aromatic carbocycles. The summed E-state index contributed by atoms with van der Waals surface area (Å²) in [5, 5.41) is 8.59. The number of rotatable bonds is 1. The molecule has 3 aromatic rings. The Hall–Kier alpha value is -1.53. The minimum atomic E-state index is -0.186. The molecule has 3 rings (SSSR count). The zero-order chi connectivity index (χ0) is 13.4. The fourth-order valence-electron chi connectivity index (χ4n) is 1.80. The highest BCUT2D eigenvalue weighted by atomic mass is 79.9. The van der Waals surface area contributed by atoms with E-state index in [-0.39, 0.29) is 5.56 Å². The molecule has 0 radical (unpaired) electrons. The van der Waals surface area contributed by atoms with Gasteiger partial charge in [-0.05, 0) is 46.3 Å². The molecule has 0 fully saturated rings. The van der Waals surface area contributed by atoms with E-state index >= 15 is 0 Å². The molecular formula is C13H7Br2N3O. The van der Waals surface area contributed by atoms with E-state index in [0.717, 1.165) is 8.95 Å². The Morgan fingerprint density at radius 2 is 1.84 bits per heavy atom. The average molecular weight is 381 g/mol. The second-order valence-electron chi connectivity index (χ2n) is 3.92. The van der Waals surface area contributed by atoms with Gasteiger partial charge in [-0.15, -0.1) is 5.10 Å². The SMILES string of the molecule is O=c1c2ccccc2nnn1-c1ccc(Br)cc1Br. The third-order valence-corrected chi connectivity index (χ3v) is 3.84. The molecule has 0 amide bonds. The highest BCUT2D eigenvalue weighted by molar-refractivity contribution is 9.11. The molecule has 1 heterocycles. The van der Waals surface area contributed by atoms with Gasteiger partial charge in [-0.3, -0.25) is 4.79 Å². The largest absolute Gasteiger partial charge is 0.282 e. The van der Waals surface area contributed by atoms with Crippen molar-refractivity contribution >= 4 is 42.8 Å². The van der Waals surface area contributed by atoms with E-state index in [4.69, 9.17) is 0 Å². The summed E-state index contributed by atoms with van der Waals surface area (Å²) in [6.45, 7) is 0. The van der Waals surface area contributed by atoms with Gasteiger partial charge in [-0.1, -0.05) is 33.3 Å². The van der Waals surface area contributed by atoms with E-state index in [2.05, 4.69) is 42.2 Å². The summed E-state index contributed by atoms with van der Waals surface area (Å²) < 4.78 is 2.98. The van der Waals surface area contributed by atoms with Gasteiger partial charge in [0.15, 0.2) is 0 Å². The Balaban J connectivity index is 2.31. The predicted molar refractivity (Wildman–Crippen MR) is 80.5 cm³/mol. The molecule has 0 atom stereocenters. The summed E-state index contributed by atoms with van der Waals surface area (Å²) in [6, 6.07) is 12.7. The van der Waals surface area contributed by atoms with E-state index in [9.17, 15) is 4.79 Å². The molecular weight excluding hydrogens is 374 g/mol. The van der Waals surface area contributed by atoms with Crippen LogP contribution in [-0.2, 0) is 0 Å². The summed E-state index contributed by atoms with van der Waals surface area (Å²) in [5.74, 6) is 0. The summed E-state index contributed by atoms with van der Waals surface area (Å²) in [6.07, 6.45) is 0. The van der Waals surface area contributed by atoms with Crippen molar-refractivity contribution < 1.29 is 0 Å². The van der Waals surface area contributed by atoms with Gasteiger partial charge in [0.2, 0.25) is 0 Å². The maximum absolute atomic E-state index is 12.4. The van der Waals surface area contributed by atoms with Crippen molar-refractivity contribution in [2.75, 3.05) is 0 Å². The fourth-order valence-corrected chi connectivity index (χ4v) is 3.01. The van der Waals surface area contributed by atoms with Crippen molar-refractivity contribution in [1.29, 1.82) is 0 Å². The second-order valence-corrected chi connectivity index (χ2v) is 5.69. The Morgan fingerprint density at radius 3 is 2.63 bits per heavy atom. The van der Waals surface area contributed by atoms with Gasteiger partial charge >= 0.3 is 0 Å². The number of hydrogen-bond acceptors (Lipinski definition) is 3. The zero-order valence-electron chi connectivity index (χ0n) is 9.55. The van der Waals surface area contributed by atoms with Gasteiger partial charge in [0, 0.05) is 8.95 Å². The van der Waals surface area contributed by atoms with Crippen LogP contribution in [0.15, 0.2) is 56.2 Å². The molecule has 1 aromatic heterocycles. The Bertz CT molecular complexity index is 829. The first-order chi connectivity index (χ1) is 9.16. The molecule has 19 heavy (non-hydrogen) atoms. The van der Waals surface area contributed by atoms with Gasteiger partial charge in [0.1, 0.15) is 5.52 Å². The molecule has 0 spiro atoms. The predicted octanol–water partition coefficient (Wildman–Crippen LogP) is 3.31. The number of aromatic nitrogens is 3. The highest BCUT2D eigenvalue weighted by Crippen LogP contribution is 2.23. The number of benzene rings is 2. The third-order valence-electron chi connectivity index (χ3n) is 2.71. The quantitative estimate of drug-likeness (QED) is 0.650. The van der Waals surface area contributed by atoms with Crippen LogP contribution in [-0.4, -0.2) is 15.0 Å². The minimum Gasteiger partial charge on any atom is -0.267 e. The first-order valence-electron chi connectivity index (χ1n) is 5.47. The lowest BCUT2D eigenvalue weighted by Crippen LogP contribution is -2.22. The second kappa shape index (κ2) is 4.86. The van der Waals surface area contributed by atoms with Crippen molar-refractivity contribution in [3.63, 3.8) is 0 Å². The monoisotopic (exact) mass is 379 g/mol. The maximum atomic E-state index is 12.4. The Morgan fingerprint density at radius 1 is 1.05 bits per heavy atom. The number of halogens is 2. The van der Waals surface area contributed by atoms with Crippen LogP contribution in [0.4, 0.5) is 0 Å². The van der Waals surface area contributed by atoms with Crippen LogP contribution >= 0.6 is 31.9 Å². The van der Waals surface area contributed by atoms with Crippen LogP contribution in [0.2, 0.25) is 0 Å². The first kappa shape index (κ1) is 12.5. The summed E-state index contributed by atoms with van der Waals surface area (Å²) in [7, 11) is 0. The van der Waals surface area contributed by atoms with Gasteiger partial charge in [-0.2, -0.15) is 4.68 Å². The molecule has 0 N–H and O–H groups in total. The third kappa shape index (κ3) is 2.21. The van der Waals surface area contributed by atoms with Gasteiger partial charge in [-0.25, -0.2) is 0 Å². The lowest BCUT2D eigenvalue weighted by atomic mass is 10.2. The molecule has 0 aliphatic heterocycles. The summed E-state index contributed by atoms with van der Waals surface area (Å²) in [5.41, 5.74) is 1.07. The van der Waals surface area contributed by atoms with E-state index in [1.165, 1.54) is 4.68 Å². The summed E-state index contributed by atoms with van der Waals surface area (Å²) in [4.78, 5) is 12.4. The van der Waals surface area contributed by atoms with Gasteiger partial charge < -0.3 is 0 Å². The molecule has 0 bridgehead atoms. The zero-order valence-corrected chi connectivity index (χ0v) is 12.7.